The molecule has 0 amide bonds. The molecular weight excluding hydrogens is 339 g/mol. The van der Waals surface area contributed by atoms with Gasteiger partial charge < -0.3 is 11.5 Å². The standard InChI is InChI=1S/C14H16ClFN6O2/c15-8-6-10(11(22(23)24)7-9(8)16)21-13(18)19-12(17)20-14(21)4-2-1-3-5-14/h6-7H,1-5H2,(H4,17,18,19,20). The van der Waals surface area contributed by atoms with E-state index in [1.807, 2.05) is 0 Å². The molecule has 24 heavy (non-hydrogen) atoms. The van der Waals surface area contributed by atoms with Gasteiger partial charge in [0.15, 0.2) is 0 Å². The third-order valence-electron chi connectivity index (χ3n) is 4.31. The first-order chi connectivity index (χ1) is 11.3. The maximum atomic E-state index is 13.7. The zero-order valence-electron chi connectivity index (χ0n) is 12.7. The highest BCUT2D eigenvalue weighted by atomic mass is 35.5. The van der Waals surface area contributed by atoms with Crippen molar-refractivity contribution in [2.75, 3.05) is 4.90 Å². The summed E-state index contributed by atoms with van der Waals surface area (Å²) in [6, 6.07) is 1.97. The molecule has 1 heterocycles. The molecule has 4 N–H and O–H groups in total. The number of nitrogens with two attached hydrogens (primary N) is 2. The van der Waals surface area contributed by atoms with Crippen LogP contribution in [0, 0.1) is 15.9 Å². The Balaban J connectivity index is 2.21. The second-order valence-electron chi connectivity index (χ2n) is 5.83. The fourth-order valence-corrected chi connectivity index (χ4v) is 3.48. The summed E-state index contributed by atoms with van der Waals surface area (Å²) in [6.07, 6.45) is 3.97. The van der Waals surface area contributed by atoms with Crippen molar-refractivity contribution in [2.24, 2.45) is 21.5 Å². The largest absolute Gasteiger partial charge is 0.369 e. The Hall–Kier alpha value is -2.42. The smallest absolute Gasteiger partial charge is 0.296 e. The van der Waals surface area contributed by atoms with Gasteiger partial charge in [0.1, 0.15) is 17.2 Å². The summed E-state index contributed by atoms with van der Waals surface area (Å²) in [5.74, 6) is -0.864. The van der Waals surface area contributed by atoms with Gasteiger partial charge in [0.05, 0.1) is 16.0 Å². The molecule has 10 heteroatoms. The zero-order chi connectivity index (χ0) is 17.5. The van der Waals surface area contributed by atoms with Gasteiger partial charge in [-0.05, 0) is 31.7 Å². The van der Waals surface area contributed by atoms with Crippen molar-refractivity contribution in [1.82, 2.24) is 0 Å². The lowest BCUT2D eigenvalue weighted by atomic mass is 9.87. The van der Waals surface area contributed by atoms with Gasteiger partial charge in [-0.15, -0.1) is 0 Å². The van der Waals surface area contributed by atoms with E-state index in [9.17, 15) is 14.5 Å². The number of nitro benzene ring substituents is 1. The maximum absolute atomic E-state index is 13.7. The van der Waals surface area contributed by atoms with Crippen LogP contribution in [0.15, 0.2) is 22.1 Å². The van der Waals surface area contributed by atoms with Crippen LogP contribution in [-0.4, -0.2) is 22.5 Å². The fraction of sp³-hybridized carbons (Fsp3) is 0.429. The van der Waals surface area contributed by atoms with Crippen LogP contribution in [0.1, 0.15) is 32.1 Å². The molecule has 1 aliphatic carbocycles. The van der Waals surface area contributed by atoms with E-state index in [1.54, 1.807) is 0 Å². The van der Waals surface area contributed by atoms with E-state index in [4.69, 9.17) is 23.1 Å². The predicted octanol–water partition coefficient (Wildman–Crippen LogP) is 2.50. The topological polar surface area (TPSA) is 123 Å². The highest BCUT2D eigenvalue weighted by Crippen LogP contribution is 2.43. The lowest BCUT2D eigenvalue weighted by Crippen LogP contribution is -2.58. The zero-order valence-corrected chi connectivity index (χ0v) is 13.5. The van der Waals surface area contributed by atoms with Crippen LogP contribution in [0.25, 0.3) is 0 Å². The molecule has 128 valence electrons. The lowest BCUT2D eigenvalue weighted by molar-refractivity contribution is -0.384. The number of hydrogen-bond donors (Lipinski definition) is 2. The first-order valence-corrected chi connectivity index (χ1v) is 7.85. The van der Waals surface area contributed by atoms with Crippen molar-refractivity contribution in [2.45, 2.75) is 37.8 Å². The molecule has 1 fully saturated rings. The molecule has 0 unspecified atom stereocenters. The lowest BCUT2D eigenvalue weighted by Gasteiger charge is -2.45. The van der Waals surface area contributed by atoms with Gasteiger partial charge in [-0.1, -0.05) is 18.0 Å². The van der Waals surface area contributed by atoms with E-state index in [-0.39, 0.29) is 22.6 Å². The second-order valence-corrected chi connectivity index (χ2v) is 6.24. The maximum Gasteiger partial charge on any atom is 0.296 e. The van der Waals surface area contributed by atoms with Gasteiger partial charge in [-0.25, -0.2) is 9.38 Å². The van der Waals surface area contributed by atoms with Crippen molar-refractivity contribution < 1.29 is 9.31 Å². The van der Waals surface area contributed by atoms with Crippen LogP contribution in [0.5, 0.6) is 0 Å². The van der Waals surface area contributed by atoms with Gasteiger partial charge in [-0.2, -0.15) is 4.99 Å². The first kappa shape index (κ1) is 16.4. The molecule has 0 aromatic heterocycles. The molecule has 3 rings (SSSR count). The van der Waals surface area contributed by atoms with Gasteiger partial charge in [0.25, 0.3) is 5.69 Å². The number of anilines is 1. The number of guanidine groups is 2. The van der Waals surface area contributed by atoms with E-state index in [0.717, 1.165) is 25.3 Å². The molecule has 0 atom stereocenters. The summed E-state index contributed by atoms with van der Waals surface area (Å²) in [4.78, 5) is 20.5. The number of benzene rings is 1. The summed E-state index contributed by atoms with van der Waals surface area (Å²) in [7, 11) is 0. The third kappa shape index (κ3) is 2.64. The minimum atomic E-state index is -0.875. The number of nitro groups is 1. The van der Waals surface area contributed by atoms with Crippen molar-refractivity contribution >= 4 is 34.9 Å². The molecular formula is C14H16ClFN6O2. The number of aliphatic imine (C=N–C) groups is 2. The number of rotatable bonds is 2. The highest BCUT2D eigenvalue weighted by molar-refractivity contribution is 6.31. The summed E-state index contributed by atoms with van der Waals surface area (Å²) >= 11 is 5.85. The summed E-state index contributed by atoms with van der Waals surface area (Å²) in [6.45, 7) is 0. The second kappa shape index (κ2) is 5.90. The Morgan fingerprint density at radius 3 is 2.58 bits per heavy atom. The van der Waals surface area contributed by atoms with Gasteiger partial charge in [0, 0.05) is 0 Å². The van der Waals surface area contributed by atoms with Crippen molar-refractivity contribution in [1.29, 1.82) is 0 Å². The van der Waals surface area contributed by atoms with Crippen LogP contribution in [0.3, 0.4) is 0 Å². The molecule has 0 saturated heterocycles. The molecule has 1 spiro atoms. The molecule has 1 aromatic rings. The van der Waals surface area contributed by atoms with E-state index in [1.165, 1.54) is 11.0 Å². The Morgan fingerprint density at radius 2 is 1.96 bits per heavy atom. The Labute approximate surface area is 142 Å². The van der Waals surface area contributed by atoms with Crippen molar-refractivity contribution in [3.05, 3.63) is 33.1 Å². The van der Waals surface area contributed by atoms with Crippen molar-refractivity contribution in [3.63, 3.8) is 0 Å². The van der Waals surface area contributed by atoms with E-state index < -0.39 is 22.1 Å². The Morgan fingerprint density at radius 1 is 1.29 bits per heavy atom. The first-order valence-electron chi connectivity index (χ1n) is 7.47. The highest BCUT2D eigenvalue weighted by Gasteiger charge is 2.45. The fourth-order valence-electron chi connectivity index (χ4n) is 3.32. The van der Waals surface area contributed by atoms with E-state index in [0.29, 0.717) is 12.8 Å². The number of nitrogens with zero attached hydrogens (tertiary/aromatic N) is 4. The van der Waals surface area contributed by atoms with Crippen LogP contribution in [-0.2, 0) is 0 Å². The average Bonchev–Trinajstić information content (AvgIpc) is 2.50. The molecule has 8 nitrogen and oxygen atoms in total. The molecule has 0 bridgehead atoms. The number of hydrogen-bond acceptors (Lipinski definition) is 7. The van der Waals surface area contributed by atoms with Crippen LogP contribution in [0.2, 0.25) is 5.02 Å². The quantitative estimate of drug-likeness (QED) is 0.623. The third-order valence-corrected chi connectivity index (χ3v) is 4.60. The van der Waals surface area contributed by atoms with Gasteiger partial charge in [0.2, 0.25) is 11.9 Å². The minimum Gasteiger partial charge on any atom is -0.369 e. The molecule has 1 aliphatic heterocycles. The Kier molecular flexibility index (Phi) is 4.04. The van der Waals surface area contributed by atoms with E-state index >= 15 is 0 Å². The average molecular weight is 355 g/mol. The normalized spacial score (nSPS) is 19.8. The summed E-state index contributed by atoms with van der Waals surface area (Å²) in [5.41, 5.74) is 10.5. The summed E-state index contributed by atoms with van der Waals surface area (Å²) in [5, 5.41) is 11.2. The predicted molar refractivity (Wildman–Crippen MR) is 89.6 cm³/mol. The van der Waals surface area contributed by atoms with Crippen LogP contribution < -0.4 is 16.4 Å². The van der Waals surface area contributed by atoms with Crippen LogP contribution in [0.4, 0.5) is 15.8 Å². The minimum absolute atomic E-state index is 0.0184. The molecule has 1 saturated carbocycles. The number of halogens is 2. The molecule has 0 radical (unpaired) electrons. The summed E-state index contributed by atoms with van der Waals surface area (Å²) < 4.78 is 13.7. The monoisotopic (exact) mass is 354 g/mol. The Bertz CT molecular complexity index is 760. The van der Waals surface area contributed by atoms with E-state index in [2.05, 4.69) is 9.98 Å². The molecule has 1 aromatic carbocycles. The van der Waals surface area contributed by atoms with Crippen molar-refractivity contribution in [3.8, 4) is 0 Å². The SMILES string of the molecule is NC1=NC2(CCCCC2)N(c2cc(Cl)c(F)cc2[N+](=O)[O-])C(N)=N1. The molecule has 2 aliphatic rings. The van der Waals surface area contributed by atoms with Gasteiger partial charge in [-0.3, -0.25) is 15.0 Å². The van der Waals surface area contributed by atoms with Crippen LogP contribution >= 0.6 is 11.6 Å². The van der Waals surface area contributed by atoms with Gasteiger partial charge >= 0.3 is 0 Å².